The topological polar surface area (TPSA) is 52.8 Å². The van der Waals surface area contributed by atoms with Crippen LogP contribution in [0.5, 0.6) is 5.75 Å². The summed E-state index contributed by atoms with van der Waals surface area (Å²) in [7, 11) is 0. The van der Waals surface area contributed by atoms with E-state index in [4.69, 9.17) is 5.21 Å². The van der Waals surface area contributed by atoms with Crippen LogP contribution >= 0.6 is 0 Å². The molecule has 0 aromatic heterocycles. The predicted octanol–water partition coefficient (Wildman–Crippen LogP) is 2.87. The van der Waals surface area contributed by atoms with E-state index in [0.717, 1.165) is 16.7 Å². The molecule has 0 aliphatic heterocycles. The van der Waals surface area contributed by atoms with Crippen molar-refractivity contribution in [3.8, 4) is 16.9 Å². The van der Waals surface area contributed by atoms with Crippen molar-refractivity contribution in [2.45, 2.75) is 0 Å². The molecular formula is C13H11NO2. The highest BCUT2D eigenvalue weighted by atomic mass is 16.4. The lowest BCUT2D eigenvalue weighted by Gasteiger charge is -2.05. The second-order valence-corrected chi connectivity index (χ2v) is 3.38. The summed E-state index contributed by atoms with van der Waals surface area (Å²) in [6.45, 7) is 0. The molecule has 0 bridgehead atoms. The highest BCUT2D eigenvalue weighted by molar-refractivity contribution is 5.90. The first-order chi connectivity index (χ1) is 7.81. The smallest absolute Gasteiger partial charge is 0.115 e. The fourth-order valence-electron chi connectivity index (χ4n) is 1.58. The summed E-state index contributed by atoms with van der Waals surface area (Å²) in [4.78, 5) is 0. The Labute approximate surface area is 93.3 Å². The molecule has 0 saturated carbocycles. The van der Waals surface area contributed by atoms with Crippen LogP contribution in [0.15, 0.2) is 53.7 Å². The SMILES string of the molecule is O/N=C/c1ccccc1-c1ccc(O)cc1. The monoisotopic (exact) mass is 213 g/mol. The molecular weight excluding hydrogens is 202 g/mol. The maximum absolute atomic E-state index is 9.21. The van der Waals surface area contributed by atoms with Crippen LogP contribution < -0.4 is 0 Å². The van der Waals surface area contributed by atoms with E-state index in [2.05, 4.69) is 5.16 Å². The van der Waals surface area contributed by atoms with Gasteiger partial charge < -0.3 is 10.3 Å². The molecule has 0 atom stereocenters. The van der Waals surface area contributed by atoms with Gasteiger partial charge in [0.1, 0.15) is 5.75 Å². The Hall–Kier alpha value is -2.29. The third kappa shape index (κ3) is 2.03. The Balaban J connectivity index is 2.51. The summed E-state index contributed by atoms with van der Waals surface area (Å²) >= 11 is 0. The van der Waals surface area contributed by atoms with Gasteiger partial charge in [-0.25, -0.2) is 0 Å². The maximum Gasteiger partial charge on any atom is 0.115 e. The van der Waals surface area contributed by atoms with Gasteiger partial charge in [-0.3, -0.25) is 0 Å². The van der Waals surface area contributed by atoms with Crippen LogP contribution in [0.2, 0.25) is 0 Å². The van der Waals surface area contributed by atoms with E-state index in [0.29, 0.717) is 0 Å². The zero-order valence-electron chi connectivity index (χ0n) is 8.54. The molecule has 3 nitrogen and oxygen atoms in total. The third-order valence-corrected chi connectivity index (χ3v) is 2.34. The van der Waals surface area contributed by atoms with Crippen LogP contribution in [0, 0.1) is 0 Å². The van der Waals surface area contributed by atoms with Crippen molar-refractivity contribution in [3.63, 3.8) is 0 Å². The molecule has 3 heteroatoms. The van der Waals surface area contributed by atoms with Crippen molar-refractivity contribution in [1.29, 1.82) is 0 Å². The highest BCUT2D eigenvalue weighted by Gasteiger charge is 2.02. The van der Waals surface area contributed by atoms with Crippen LogP contribution in [-0.2, 0) is 0 Å². The number of rotatable bonds is 2. The van der Waals surface area contributed by atoms with Crippen LogP contribution in [-0.4, -0.2) is 16.5 Å². The minimum absolute atomic E-state index is 0.233. The molecule has 16 heavy (non-hydrogen) atoms. The fourth-order valence-corrected chi connectivity index (χ4v) is 1.58. The average Bonchev–Trinajstić information content (AvgIpc) is 2.32. The second-order valence-electron chi connectivity index (χ2n) is 3.38. The lowest BCUT2D eigenvalue weighted by molar-refractivity contribution is 0.322. The number of aromatic hydroxyl groups is 1. The first-order valence-electron chi connectivity index (χ1n) is 4.87. The van der Waals surface area contributed by atoms with Gasteiger partial charge in [0.25, 0.3) is 0 Å². The van der Waals surface area contributed by atoms with Crippen LogP contribution in [0.4, 0.5) is 0 Å². The Kier molecular flexibility index (Phi) is 2.87. The van der Waals surface area contributed by atoms with Crippen molar-refractivity contribution >= 4 is 6.21 Å². The fraction of sp³-hybridized carbons (Fsp3) is 0. The van der Waals surface area contributed by atoms with E-state index < -0.39 is 0 Å². The van der Waals surface area contributed by atoms with Gasteiger partial charge in [0.2, 0.25) is 0 Å². The molecule has 2 rings (SSSR count). The van der Waals surface area contributed by atoms with Gasteiger partial charge in [-0.2, -0.15) is 0 Å². The Morgan fingerprint density at radius 3 is 2.31 bits per heavy atom. The molecule has 0 spiro atoms. The Morgan fingerprint density at radius 2 is 1.62 bits per heavy atom. The molecule has 2 aromatic rings. The summed E-state index contributed by atoms with van der Waals surface area (Å²) in [5.41, 5.74) is 2.75. The summed E-state index contributed by atoms with van der Waals surface area (Å²) < 4.78 is 0. The first-order valence-corrected chi connectivity index (χ1v) is 4.87. The lowest BCUT2D eigenvalue weighted by atomic mass is 10.0. The van der Waals surface area contributed by atoms with Crippen LogP contribution in [0.3, 0.4) is 0 Å². The molecule has 0 radical (unpaired) electrons. The number of hydrogen-bond acceptors (Lipinski definition) is 3. The molecule has 2 N–H and O–H groups in total. The van der Waals surface area contributed by atoms with Gasteiger partial charge in [0.15, 0.2) is 0 Å². The summed E-state index contributed by atoms with van der Waals surface area (Å²) in [5.74, 6) is 0.233. The molecule has 0 saturated heterocycles. The predicted molar refractivity (Wildman–Crippen MR) is 62.9 cm³/mol. The molecule has 80 valence electrons. The largest absolute Gasteiger partial charge is 0.508 e. The van der Waals surface area contributed by atoms with Crippen molar-refractivity contribution in [2.75, 3.05) is 0 Å². The number of oxime groups is 1. The van der Waals surface area contributed by atoms with Crippen molar-refractivity contribution in [2.24, 2.45) is 5.16 Å². The van der Waals surface area contributed by atoms with E-state index in [1.54, 1.807) is 12.1 Å². The minimum atomic E-state index is 0.233. The van der Waals surface area contributed by atoms with E-state index in [1.165, 1.54) is 6.21 Å². The minimum Gasteiger partial charge on any atom is -0.508 e. The average molecular weight is 213 g/mol. The van der Waals surface area contributed by atoms with Crippen molar-refractivity contribution in [3.05, 3.63) is 54.1 Å². The number of phenolic OH excluding ortho intramolecular Hbond substituents is 1. The molecule has 0 unspecified atom stereocenters. The second kappa shape index (κ2) is 4.49. The first kappa shape index (κ1) is 10.2. The summed E-state index contributed by atoms with van der Waals surface area (Å²) in [6.07, 6.45) is 1.39. The molecule has 0 fully saturated rings. The number of hydrogen-bond donors (Lipinski definition) is 2. The lowest BCUT2D eigenvalue weighted by Crippen LogP contribution is -1.87. The standard InChI is InChI=1S/C13H11NO2/c15-12-7-5-10(6-8-12)13-4-2-1-3-11(13)9-14-16/h1-9,15-16H/b14-9+. The van der Waals surface area contributed by atoms with Crippen molar-refractivity contribution in [1.82, 2.24) is 0 Å². The third-order valence-electron chi connectivity index (χ3n) is 2.34. The quantitative estimate of drug-likeness (QED) is 0.458. The summed E-state index contributed by atoms with van der Waals surface area (Å²) in [5, 5.41) is 20.8. The molecule has 0 heterocycles. The maximum atomic E-state index is 9.21. The van der Waals surface area contributed by atoms with Gasteiger partial charge >= 0.3 is 0 Å². The Bertz CT molecular complexity index is 504. The van der Waals surface area contributed by atoms with E-state index in [9.17, 15) is 5.11 Å². The number of benzene rings is 2. The molecule has 0 amide bonds. The Morgan fingerprint density at radius 1 is 0.938 bits per heavy atom. The van der Waals surface area contributed by atoms with Gasteiger partial charge in [0.05, 0.1) is 6.21 Å². The number of nitrogens with zero attached hydrogens (tertiary/aromatic N) is 1. The van der Waals surface area contributed by atoms with Gasteiger partial charge in [0, 0.05) is 5.56 Å². The molecule has 0 aliphatic rings. The van der Waals surface area contributed by atoms with Gasteiger partial charge in [-0.1, -0.05) is 41.6 Å². The van der Waals surface area contributed by atoms with Gasteiger partial charge in [-0.15, -0.1) is 0 Å². The molecule has 0 aliphatic carbocycles. The van der Waals surface area contributed by atoms with E-state index >= 15 is 0 Å². The van der Waals surface area contributed by atoms with E-state index in [1.807, 2.05) is 36.4 Å². The highest BCUT2D eigenvalue weighted by Crippen LogP contribution is 2.24. The zero-order valence-corrected chi connectivity index (χ0v) is 8.54. The summed E-state index contributed by atoms with van der Waals surface area (Å²) in [6, 6.07) is 14.5. The molecule has 2 aromatic carbocycles. The zero-order chi connectivity index (χ0) is 11.4. The van der Waals surface area contributed by atoms with Crippen molar-refractivity contribution < 1.29 is 10.3 Å². The van der Waals surface area contributed by atoms with Crippen LogP contribution in [0.25, 0.3) is 11.1 Å². The van der Waals surface area contributed by atoms with Crippen LogP contribution in [0.1, 0.15) is 5.56 Å². The van der Waals surface area contributed by atoms with Gasteiger partial charge in [-0.05, 0) is 23.3 Å². The van der Waals surface area contributed by atoms with E-state index in [-0.39, 0.29) is 5.75 Å². The normalized spacial score (nSPS) is 10.8. The number of phenols is 1.